The second-order valence-corrected chi connectivity index (χ2v) is 5.96. The lowest BCUT2D eigenvalue weighted by Crippen LogP contribution is -2.34. The predicted molar refractivity (Wildman–Crippen MR) is 89.4 cm³/mol. The number of piperidine rings is 1. The summed E-state index contributed by atoms with van der Waals surface area (Å²) in [6, 6.07) is 3.37. The lowest BCUT2D eigenvalue weighted by Gasteiger charge is -2.31. The van der Waals surface area contributed by atoms with E-state index in [0.29, 0.717) is 5.69 Å². The number of halogens is 3. The van der Waals surface area contributed by atoms with Crippen LogP contribution in [0.15, 0.2) is 18.2 Å². The first-order valence-electron chi connectivity index (χ1n) is 8.34. The van der Waals surface area contributed by atoms with Gasteiger partial charge in [0.25, 0.3) is 0 Å². The largest absolute Gasteiger partial charge is 0.416 e. The Labute approximate surface area is 144 Å². The summed E-state index contributed by atoms with van der Waals surface area (Å²) in [4.78, 5) is 25.2. The molecule has 1 aliphatic heterocycles. The van der Waals surface area contributed by atoms with Crippen LogP contribution in [0.1, 0.15) is 38.2 Å². The molecular weight excluding hydrogens is 335 g/mol. The van der Waals surface area contributed by atoms with Gasteiger partial charge in [-0.15, -0.1) is 0 Å². The fourth-order valence-corrected chi connectivity index (χ4v) is 2.72. The lowest BCUT2D eigenvalue weighted by molar-refractivity contribution is -0.137. The van der Waals surface area contributed by atoms with Crippen molar-refractivity contribution in [1.29, 1.82) is 0 Å². The van der Waals surface area contributed by atoms with Crippen molar-refractivity contribution in [3.05, 3.63) is 23.8 Å². The lowest BCUT2D eigenvalue weighted by atomic mass is 10.1. The van der Waals surface area contributed by atoms with Crippen LogP contribution in [-0.2, 0) is 15.8 Å². The minimum absolute atomic E-state index is 0.118. The summed E-state index contributed by atoms with van der Waals surface area (Å²) in [6.07, 6.45) is -1.25. The zero-order valence-electron chi connectivity index (χ0n) is 14.1. The highest BCUT2D eigenvalue weighted by Crippen LogP contribution is 2.36. The maximum absolute atomic E-state index is 13.0. The summed E-state index contributed by atoms with van der Waals surface area (Å²) in [7, 11) is 0. The van der Waals surface area contributed by atoms with Crippen molar-refractivity contribution in [2.45, 2.75) is 38.8 Å². The Bertz CT molecular complexity index is 626. The Kier molecular flexibility index (Phi) is 6.27. The molecule has 0 aromatic heterocycles. The molecule has 0 spiro atoms. The molecule has 0 aliphatic carbocycles. The molecule has 8 heteroatoms. The number of alkyl halides is 3. The van der Waals surface area contributed by atoms with Crippen molar-refractivity contribution < 1.29 is 22.8 Å². The number of rotatable bonds is 5. The summed E-state index contributed by atoms with van der Waals surface area (Å²) in [6.45, 7) is 2.85. The van der Waals surface area contributed by atoms with E-state index in [1.165, 1.54) is 6.07 Å². The number of nitrogens with zero attached hydrogens (tertiary/aromatic N) is 1. The van der Waals surface area contributed by atoms with Crippen LogP contribution in [0.2, 0.25) is 0 Å². The third-order valence-electron chi connectivity index (χ3n) is 4.06. The first-order chi connectivity index (χ1) is 11.8. The van der Waals surface area contributed by atoms with Crippen LogP contribution in [0.25, 0.3) is 0 Å². The third kappa shape index (κ3) is 5.37. The molecule has 2 N–H and O–H groups in total. The molecule has 0 saturated carbocycles. The number of carbonyl (C=O) groups excluding carboxylic acids is 2. The summed E-state index contributed by atoms with van der Waals surface area (Å²) in [5.41, 5.74) is -0.128. The van der Waals surface area contributed by atoms with Gasteiger partial charge in [-0.05, 0) is 37.5 Å². The number of benzene rings is 1. The van der Waals surface area contributed by atoms with Crippen LogP contribution in [-0.4, -0.2) is 31.4 Å². The number of hydrogen-bond donors (Lipinski definition) is 2. The molecule has 25 heavy (non-hydrogen) atoms. The summed E-state index contributed by atoms with van der Waals surface area (Å²) < 4.78 is 39.0. The summed E-state index contributed by atoms with van der Waals surface area (Å²) >= 11 is 0. The zero-order valence-corrected chi connectivity index (χ0v) is 14.1. The van der Waals surface area contributed by atoms with Gasteiger partial charge in [-0.25, -0.2) is 0 Å². The van der Waals surface area contributed by atoms with Gasteiger partial charge in [-0.1, -0.05) is 6.92 Å². The van der Waals surface area contributed by atoms with E-state index >= 15 is 0 Å². The number of nitrogens with one attached hydrogen (secondary N) is 2. The Balaban J connectivity index is 2.21. The van der Waals surface area contributed by atoms with Gasteiger partial charge in [0.2, 0.25) is 11.8 Å². The average Bonchev–Trinajstić information content (AvgIpc) is 2.59. The van der Waals surface area contributed by atoms with Gasteiger partial charge in [-0.2, -0.15) is 13.2 Å². The molecule has 1 aromatic carbocycles. The van der Waals surface area contributed by atoms with E-state index in [2.05, 4.69) is 10.6 Å². The van der Waals surface area contributed by atoms with E-state index in [0.717, 1.165) is 44.5 Å². The maximum atomic E-state index is 13.0. The van der Waals surface area contributed by atoms with Gasteiger partial charge < -0.3 is 15.5 Å². The Hall–Kier alpha value is -2.25. The number of anilines is 2. The Morgan fingerprint density at radius 1 is 1.12 bits per heavy atom. The van der Waals surface area contributed by atoms with Crippen LogP contribution in [0, 0.1) is 0 Å². The van der Waals surface area contributed by atoms with Gasteiger partial charge in [0.15, 0.2) is 0 Å². The van der Waals surface area contributed by atoms with Gasteiger partial charge in [0.1, 0.15) is 0 Å². The fraction of sp³-hybridized carbons (Fsp3) is 0.529. The van der Waals surface area contributed by atoms with Crippen LogP contribution < -0.4 is 15.5 Å². The fourth-order valence-electron chi connectivity index (χ4n) is 2.72. The van der Waals surface area contributed by atoms with E-state index in [4.69, 9.17) is 0 Å². The van der Waals surface area contributed by atoms with Crippen molar-refractivity contribution in [2.75, 3.05) is 29.9 Å². The molecule has 0 atom stereocenters. The summed E-state index contributed by atoms with van der Waals surface area (Å²) in [5.74, 6) is -0.852. The van der Waals surface area contributed by atoms with Crippen molar-refractivity contribution in [3.63, 3.8) is 0 Å². The van der Waals surface area contributed by atoms with Gasteiger partial charge in [0, 0.05) is 19.5 Å². The standard InChI is InChI=1S/C17H22F3N3O2/c1-2-15(24)21-11-16(25)22-13-10-12(17(18,19)20)6-7-14(13)23-8-4-3-5-9-23/h6-7,10H,2-5,8-9,11H2,1H3,(H,21,24)(H,22,25). The first kappa shape index (κ1) is 19.1. The molecule has 1 aliphatic rings. The predicted octanol–water partition coefficient (Wildman–Crippen LogP) is 3.16. The normalized spacial score (nSPS) is 15.0. The molecule has 2 amide bonds. The quantitative estimate of drug-likeness (QED) is 0.851. The highest BCUT2D eigenvalue weighted by atomic mass is 19.4. The molecule has 2 rings (SSSR count). The topological polar surface area (TPSA) is 61.4 Å². The molecule has 0 bridgehead atoms. The van der Waals surface area contributed by atoms with Crippen molar-refractivity contribution >= 4 is 23.2 Å². The van der Waals surface area contributed by atoms with E-state index < -0.39 is 17.6 Å². The average molecular weight is 357 g/mol. The number of hydrogen-bond acceptors (Lipinski definition) is 3. The van der Waals surface area contributed by atoms with E-state index in [1.54, 1.807) is 6.92 Å². The number of amides is 2. The highest BCUT2D eigenvalue weighted by molar-refractivity contribution is 5.97. The monoisotopic (exact) mass is 357 g/mol. The molecule has 1 fully saturated rings. The van der Waals surface area contributed by atoms with Crippen molar-refractivity contribution in [2.24, 2.45) is 0 Å². The minimum atomic E-state index is -4.49. The summed E-state index contributed by atoms with van der Waals surface area (Å²) in [5, 5.41) is 4.91. The molecule has 138 valence electrons. The maximum Gasteiger partial charge on any atom is 0.416 e. The smallest absolute Gasteiger partial charge is 0.370 e. The van der Waals surface area contributed by atoms with Crippen LogP contribution in [0.3, 0.4) is 0 Å². The first-order valence-corrected chi connectivity index (χ1v) is 8.34. The van der Waals surface area contributed by atoms with E-state index in [1.807, 2.05) is 4.90 Å². The Morgan fingerprint density at radius 2 is 1.80 bits per heavy atom. The molecule has 1 heterocycles. The van der Waals surface area contributed by atoms with Crippen LogP contribution in [0.5, 0.6) is 0 Å². The van der Waals surface area contributed by atoms with Crippen LogP contribution in [0.4, 0.5) is 24.5 Å². The molecule has 5 nitrogen and oxygen atoms in total. The van der Waals surface area contributed by atoms with Gasteiger partial charge in [-0.3, -0.25) is 9.59 Å². The van der Waals surface area contributed by atoms with E-state index in [-0.39, 0.29) is 24.6 Å². The second kappa shape index (κ2) is 8.22. The van der Waals surface area contributed by atoms with E-state index in [9.17, 15) is 22.8 Å². The number of carbonyl (C=O) groups is 2. The SMILES string of the molecule is CCC(=O)NCC(=O)Nc1cc(C(F)(F)F)ccc1N1CCCCC1. The molecule has 1 saturated heterocycles. The Morgan fingerprint density at radius 3 is 2.40 bits per heavy atom. The van der Waals surface area contributed by atoms with Crippen molar-refractivity contribution in [3.8, 4) is 0 Å². The minimum Gasteiger partial charge on any atom is -0.370 e. The molecule has 0 radical (unpaired) electrons. The highest BCUT2D eigenvalue weighted by Gasteiger charge is 2.31. The second-order valence-electron chi connectivity index (χ2n) is 5.96. The van der Waals surface area contributed by atoms with Gasteiger partial charge in [0.05, 0.1) is 23.5 Å². The van der Waals surface area contributed by atoms with Gasteiger partial charge >= 0.3 is 6.18 Å². The zero-order chi connectivity index (χ0) is 18.4. The molecule has 1 aromatic rings. The molecule has 0 unspecified atom stereocenters. The third-order valence-corrected chi connectivity index (χ3v) is 4.06. The molecular formula is C17H22F3N3O2. The van der Waals surface area contributed by atoms with Crippen LogP contribution >= 0.6 is 0 Å². The van der Waals surface area contributed by atoms with Crippen molar-refractivity contribution in [1.82, 2.24) is 5.32 Å².